The van der Waals surface area contributed by atoms with Gasteiger partial charge in [-0.1, -0.05) is 12.1 Å². The van der Waals surface area contributed by atoms with E-state index in [4.69, 9.17) is 4.74 Å². The number of fused-ring (bicyclic) bond motifs is 1. The highest BCUT2D eigenvalue weighted by Gasteiger charge is 2.47. The summed E-state index contributed by atoms with van der Waals surface area (Å²) in [6.07, 6.45) is 1.61. The molecule has 1 unspecified atom stereocenters. The SMILES string of the molecule is Cc1cc(C)cc(N2C(=O)C(=O)/C(=C(\O)c3ccc4c(c3)N(C)CCO4)C2c2ccccn2)c1. The van der Waals surface area contributed by atoms with E-state index in [0.29, 0.717) is 35.8 Å². The Kier molecular flexibility index (Phi) is 5.32. The third kappa shape index (κ3) is 3.59. The van der Waals surface area contributed by atoms with E-state index in [9.17, 15) is 14.7 Å². The van der Waals surface area contributed by atoms with Crippen LogP contribution >= 0.6 is 0 Å². The number of aromatic nitrogens is 1. The summed E-state index contributed by atoms with van der Waals surface area (Å²) in [6, 6.07) is 15.5. The first-order chi connectivity index (χ1) is 16.3. The smallest absolute Gasteiger partial charge is 0.300 e. The van der Waals surface area contributed by atoms with Crippen LogP contribution in [0.25, 0.3) is 5.76 Å². The highest BCUT2D eigenvalue weighted by atomic mass is 16.5. The predicted molar refractivity (Wildman–Crippen MR) is 130 cm³/mol. The zero-order valence-corrected chi connectivity index (χ0v) is 19.3. The van der Waals surface area contributed by atoms with Crippen LogP contribution in [0.5, 0.6) is 5.75 Å². The summed E-state index contributed by atoms with van der Waals surface area (Å²) in [4.78, 5) is 34.6. The normalized spacial score (nSPS) is 19.2. The van der Waals surface area contributed by atoms with Crippen LogP contribution in [0, 0.1) is 13.8 Å². The number of anilines is 2. The summed E-state index contributed by atoms with van der Waals surface area (Å²) < 4.78 is 5.70. The zero-order chi connectivity index (χ0) is 24.0. The number of carbonyl (C=O) groups is 2. The quantitative estimate of drug-likeness (QED) is 0.363. The van der Waals surface area contributed by atoms with Crippen molar-refractivity contribution >= 4 is 28.8 Å². The average Bonchev–Trinajstić information content (AvgIpc) is 3.09. The summed E-state index contributed by atoms with van der Waals surface area (Å²) in [6.45, 7) is 5.17. The Bertz CT molecular complexity index is 1310. The third-order valence-corrected chi connectivity index (χ3v) is 6.22. The van der Waals surface area contributed by atoms with E-state index < -0.39 is 17.7 Å². The molecule has 2 aromatic carbocycles. The van der Waals surface area contributed by atoms with Gasteiger partial charge in [0, 0.05) is 24.5 Å². The minimum absolute atomic E-state index is 0.0159. The molecule has 34 heavy (non-hydrogen) atoms. The van der Waals surface area contributed by atoms with Gasteiger partial charge in [0.2, 0.25) is 0 Å². The van der Waals surface area contributed by atoms with Crippen LogP contribution < -0.4 is 14.5 Å². The van der Waals surface area contributed by atoms with Crippen LogP contribution in [0.4, 0.5) is 11.4 Å². The van der Waals surface area contributed by atoms with Crippen LogP contribution in [0.3, 0.4) is 0 Å². The molecule has 1 N–H and O–H groups in total. The van der Waals surface area contributed by atoms with Crippen LogP contribution in [0.1, 0.15) is 28.4 Å². The fourth-order valence-electron chi connectivity index (χ4n) is 4.66. The van der Waals surface area contributed by atoms with E-state index in [1.165, 1.54) is 4.90 Å². The molecule has 1 aromatic heterocycles. The number of carbonyl (C=O) groups excluding carboxylic acids is 2. The maximum Gasteiger partial charge on any atom is 0.300 e. The monoisotopic (exact) mass is 455 g/mol. The number of likely N-dealkylation sites (N-methyl/N-ethyl adjacent to an activating group) is 1. The molecule has 3 heterocycles. The molecular formula is C27H25N3O4. The number of ketones is 1. The summed E-state index contributed by atoms with van der Waals surface area (Å²) in [5.41, 5.74) is 4.29. The molecule has 2 aliphatic rings. The lowest BCUT2D eigenvalue weighted by molar-refractivity contribution is -0.132. The Labute approximate surface area is 197 Å². The van der Waals surface area contributed by atoms with Gasteiger partial charge in [0.25, 0.3) is 11.7 Å². The minimum atomic E-state index is -0.854. The van der Waals surface area contributed by atoms with E-state index >= 15 is 0 Å². The predicted octanol–water partition coefficient (Wildman–Crippen LogP) is 4.15. The van der Waals surface area contributed by atoms with Crippen molar-refractivity contribution in [3.8, 4) is 5.75 Å². The van der Waals surface area contributed by atoms with Crippen LogP contribution in [-0.2, 0) is 9.59 Å². The van der Waals surface area contributed by atoms with E-state index in [-0.39, 0.29) is 11.3 Å². The highest BCUT2D eigenvalue weighted by molar-refractivity contribution is 6.51. The number of benzene rings is 2. The van der Waals surface area contributed by atoms with Gasteiger partial charge < -0.3 is 14.7 Å². The van der Waals surface area contributed by atoms with E-state index in [1.54, 1.807) is 42.6 Å². The Morgan fingerprint density at radius 2 is 1.82 bits per heavy atom. The van der Waals surface area contributed by atoms with Crippen molar-refractivity contribution in [3.05, 3.63) is 88.8 Å². The highest BCUT2D eigenvalue weighted by Crippen LogP contribution is 2.43. The molecule has 0 aliphatic carbocycles. The summed E-state index contributed by atoms with van der Waals surface area (Å²) in [5, 5.41) is 11.4. The first-order valence-corrected chi connectivity index (χ1v) is 11.1. The summed E-state index contributed by atoms with van der Waals surface area (Å²) in [7, 11) is 1.94. The van der Waals surface area contributed by atoms with Crippen molar-refractivity contribution in [1.29, 1.82) is 0 Å². The van der Waals surface area contributed by atoms with Gasteiger partial charge in [0.1, 0.15) is 24.2 Å². The lowest BCUT2D eigenvalue weighted by Gasteiger charge is -2.28. The van der Waals surface area contributed by atoms with E-state index in [1.807, 2.05) is 44.0 Å². The third-order valence-electron chi connectivity index (χ3n) is 6.22. The Morgan fingerprint density at radius 3 is 2.53 bits per heavy atom. The number of hydrogen-bond donors (Lipinski definition) is 1. The standard InChI is InChI=1S/C27H25N3O4/c1-16-12-17(2)14-19(13-16)30-24(20-6-4-5-9-28-20)23(26(32)27(30)33)25(31)18-7-8-22-21(15-18)29(3)10-11-34-22/h4-9,12-15,24,31H,10-11H2,1-3H3/b25-23-. The maximum atomic E-state index is 13.3. The van der Waals surface area contributed by atoms with Crippen molar-refractivity contribution in [2.45, 2.75) is 19.9 Å². The Morgan fingerprint density at radius 1 is 1.06 bits per heavy atom. The van der Waals surface area contributed by atoms with Crippen molar-refractivity contribution in [2.24, 2.45) is 0 Å². The minimum Gasteiger partial charge on any atom is -0.507 e. The molecule has 3 aromatic rings. The van der Waals surface area contributed by atoms with E-state index in [2.05, 4.69) is 4.98 Å². The van der Waals surface area contributed by atoms with Crippen molar-refractivity contribution in [1.82, 2.24) is 4.98 Å². The first-order valence-electron chi connectivity index (χ1n) is 11.1. The number of ether oxygens (including phenoxy) is 1. The number of aryl methyl sites for hydroxylation is 2. The van der Waals surface area contributed by atoms with Gasteiger partial charge in [-0.05, 0) is 67.4 Å². The largest absolute Gasteiger partial charge is 0.507 e. The molecule has 0 spiro atoms. The molecule has 0 saturated carbocycles. The summed E-state index contributed by atoms with van der Waals surface area (Å²) >= 11 is 0. The van der Waals surface area contributed by atoms with Crippen LogP contribution in [0.2, 0.25) is 0 Å². The number of nitrogens with zero attached hydrogens (tertiary/aromatic N) is 3. The Hall–Kier alpha value is -4.13. The molecule has 1 fully saturated rings. The number of aliphatic hydroxyl groups excluding tert-OH is 1. The molecule has 1 amide bonds. The maximum absolute atomic E-state index is 13.3. The molecule has 1 saturated heterocycles. The molecule has 1 atom stereocenters. The molecule has 0 radical (unpaired) electrons. The molecule has 7 heteroatoms. The number of rotatable bonds is 3. The van der Waals surface area contributed by atoms with Gasteiger partial charge in [-0.25, -0.2) is 0 Å². The molecule has 2 aliphatic heterocycles. The van der Waals surface area contributed by atoms with E-state index in [0.717, 1.165) is 16.8 Å². The van der Waals surface area contributed by atoms with Gasteiger partial charge >= 0.3 is 0 Å². The second kappa shape index (κ2) is 8.33. The number of pyridine rings is 1. The van der Waals surface area contributed by atoms with Gasteiger partial charge in [-0.2, -0.15) is 0 Å². The van der Waals surface area contributed by atoms with Gasteiger partial charge in [0.05, 0.1) is 23.5 Å². The molecule has 7 nitrogen and oxygen atoms in total. The number of aliphatic hydroxyl groups is 1. The van der Waals surface area contributed by atoms with Gasteiger partial charge in [-0.3, -0.25) is 19.5 Å². The number of hydrogen-bond acceptors (Lipinski definition) is 6. The van der Waals surface area contributed by atoms with Crippen molar-refractivity contribution in [3.63, 3.8) is 0 Å². The molecular weight excluding hydrogens is 430 g/mol. The zero-order valence-electron chi connectivity index (χ0n) is 19.3. The second-order valence-corrected chi connectivity index (χ2v) is 8.72. The summed E-state index contributed by atoms with van der Waals surface area (Å²) in [5.74, 6) is -0.958. The number of Topliss-reactive ketones (excluding diaryl/α,β-unsaturated/α-hetero) is 1. The van der Waals surface area contributed by atoms with Gasteiger partial charge in [0.15, 0.2) is 0 Å². The molecule has 5 rings (SSSR count). The Balaban J connectivity index is 1.70. The second-order valence-electron chi connectivity index (χ2n) is 8.72. The lowest BCUT2D eigenvalue weighted by atomic mass is 9.97. The fourth-order valence-corrected chi connectivity index (χ4v) is 4.66. The van der Waals surface area contributed by atoms with Crippen LogP contribution in [-0.4, -0.2) is 42.0 Å². The average molecular weight is 456 g/mol. The first kappa shape index (κ1) is 21.7. The lowest BCUT2D eigenvalue weighted by Crippen LogP contribution is -2.30. The van der Waals surface area contributed by atoms with Crippen molar-refractivity contribution in [2.75, 3.05) is 30.0 Å². The topological polar surface area (TPSA) is 83.0 Å². The van der Waals surface area contributed by atoms with Crippen LogP contribution in [0.15, 0.2) is 66.4 Å². The molecule has 172 valence electrons. The molecule has 0 bridgehead atoms. The van der Waals surface area contributed by atoms with Gasteiger partial charge in [-0.15, -0.1) is 0 Å². The fraction of sp³-hybridized carbons (Fsp3) is 0.222. The number of amides is 1. The van der Waals surface area contributed by atoms with Crippen molar-refractivity contribution < 1.29 is 19.4 Å².